The van der Waals surface area contributed by atoms with E-state index in [0.29, 0.717) is 12.1 Å². The Morgan fingerprint density at radius 2 is 1.90 bits per heavy atom. The summed E-state index contributed by atoms with van der Waals surface area (Å²) in [4.78, 5) is 5.03. The standard InChI is InChI=1S/C16H33N3O/c1-13(2)17-16(12-20)8-5-15(11-16)19(4)14-6-9-18(3)10-7-14/h13-15,17,20H,5-12H2,1-4H3. The van der Waals surface area contributed by atoms with E-state index in [4.69, 9.17) is 0 Å². The van der Waals surface area contributed by atoms with Crippen molar-refractivity contribution < 1.29 is 5.11 Å². The monoisotopic (exact) mass is 283 g/mol. The van der Waals surface area contributed by atoms with Gasteiger partial charge in [0, 0.05) is 23.7 Å². The highest BCUT2D eigenvalue weighted by atomic mass is 16.3. The van der Waals surface area contributed by atoms with Gasteiger partial charge in [0.2, 0.25) is 0 Å². The van der Waals surface area contributed by atoms with Gasteiger partial charge in [-0.1, -0.05) is 13.8 Å². The topological polar surface area (TPSA) is 38.7 Å². The number of likely N-dealkylation sites (tertiary alicyclic amines) is 1. The molecule has 0 spiro atoms. The van der Waals surface area contributed by atoms with Gasteiger partial charge in [-0.2, -0.15) is 0 Å². The molecule has 0 radical (unpaired) electrons. The van der Waals surface area contributed by atoms with Crippen LogP contribution in [0.2, 0.25) is 0 Å². The van der Waals surface area contributed by atoms with E-state index in [9.17, 15) is 5.11 Å². The molecule has 1 aliphatic heterocycles. The van der Waals surface area contributed by atoms with Crippen molar-refractivity contribution in [2.45, 2.75) is 69.6 Å². The van der Waals surface area contributed by atoms with Crippen molar-refractivity contribution in [2.24, 2.45) is 0 Å². The predicted octanol–water partition coefficient (Wildman–Crippen LogP) is 1.29. The third-order valence-corrected chi connectivity index (χ3v) is 5.32. The molecule has 0 amide bonds. The van der Waals surface area contributed by atoms with Crippen LogP contribution in [-0.2, 0) is 0 Å². The van der Waals surface area contributed by atoms with Crippen LogP contribution in [0.4, 0.5) is 0 Å². The van der Waals surface area contributed by atoms with E-state index in [-0.39, 0.29) is 12.1 Å². The molecule has 2 atom stereocenters. The Hall–Kier alpha value is -0.160. The highest BCUT2D eigenvalue weighted by Crippen LogP contribution is 2.34. The molecule has 2 N–H and O–H groups in total. The lowest BCUT2D eigenvalue weighted by molar-refractivity contribution is 0.0955. The first-order valence-corrected chi connectivity index (χ1v) is 8.25. The Bertz CT molecular complexity index is 302. The van der Waals surface area contributed by atoms with Gasteiger partial charge < -0.3 is 20.2 Å². The Kier molecular flexibility index (Phi) is 5.46. The van der Waals surface area contributed by atoms with Gasteiger partial charge in [0.1, 0.15) is 0 Å². The SMILES string of the molecule is CC(C)NC1(CO)CCC(N(C)C2CCN(C)CC2)C1. The summed E-state index contributed by atoms with van der Waals surface area (Å²) in [6.45, 7) is 7.05. The molecule has 0 bridgehead atoms. The van der Waals surface area contributed by atoms with Crippen molar-refractivity contribution >= 4 is 0 Å². The fourth-order valence-electron chi connectivity index (χ4n) is 4.08. The van der Waals surface area contributed by atoms with Gasteiger partial charge >= 0.3 is 0 Å². The molecule has 118 valence electrons. The molecule has 1 saturated heterocycles. The Morgan fingerprint density at radius 3 is 2.45 bits per heavy atom. The van der Waals surface area contributed by atoms with Crippen LogP contribution in [0.1, 0.15) is 46.0 Å². The Balaban J connectivity index is 1.90. The minimum Gasteiger partial charge on any atom is -0.394 e. The van der Waals surface area contributed by atoms with Crippen molar-refractivity contribution in [1.82, 2.24) is 15.1 Å². The number of nitrogens with zero attached hydrogens (tertiary/aromatic N) is 2. The van der Waals surface area contributed by atoms with Crippen molar-refractivity contribution in [3.05, 3.63) is 0 Å². The van der Waals surface area contributed by atoms with Crippen molar-refractivity contribution in [1.29, 1.82) is 0 Å². The van der Waals surface area contributed by atoms with Gasteiger partial charge in [-0.05, 0) is 59.3 Å². The number of hydrogen-bond donors (Lipinski definition) is 2. The number of aliphatic hydroxyl groups is 1. The van der Waals surface area contributed by atoms with E-state index in [2.05, 4.69) is 43.1 Å². The number of piperidine rings is 1. The summed E-state index contributed by atoms with van der Waals surface area (Å²) in [6, 6.07) is 1.79. The number of aliphatic hydroxyl groups excluding tert-OH is 1. The molecule has 1 heterocycles. The lowest BCUT2D eigenvalue weighted by Gasteiger charge is -2.39. The molecule has 0 aromatic carbocycles. The molecule has 2 aliphatic rings. The second-order valence-electron chi connectivity index (χ2n) is 7.33. The van der Waals surface area contributed by atoms with Gasteiger partial charge in [0.15, 0.2) is 0 Å². The second kappa shape index (κ2) is 6.73. The van der Waals surface area contributed by atoms with Crippen LogP contribution in [0.15, 0.2) is 0 Å². The number of nitrogens with one attached hydrogen (secondary N) is 1. The largest absolute Gasteiger partial charge is 0.394 e. The van der Waals surface area contributed by atoms with Gasteiger partial charge in [-0.3, -0.25) is 0 Å². The first kappa shape index (κ1) is 16.2. The quantitative estimate of drug-likeness (QED) is 0.797. The minimum atomic E-state index is -0.0431. The molecule has 2 unspecified atom stereocenters. The summed E-state index contributed by atoms with van der Waals surface area (Å²) in [5.74, 6) is 0. The smallest absolute Gasteiger partial charge is 0.0614 e. The fraction of sp³-hybridized carbons (Fsp3) is 1.00. The van der Waals surface area contributed by atoms with E-state index < -0.39 is 0 Å². The third-order valence-electron chi connectivity index (χ3n) is 5.32. The molecule has 1 saturated carbocycles. The highest BCUT2D eigenvalue weighted by molar-refractivity contribution is 5.00. The summed E-state index contributed by atoms with van der Waals surface area (Å²) >= 11 is 0. The van der Waals surface area contributed by atoms with Crippen LogP contribution >= 0.6 is 0 Å². The molecule has 1 aliphatic carbocycles. The molecule has 2 rings (SSSR count). The molecular weight excluding hydrogens is 250 g/mol. The number of hydrogen-bond acceptors (Lipinski definition) is 4. The minimum absolute atomic E-state index is 0.0431. The summed E-state index contributed by atoms with van der Waals surface area (Å²) in [7, 11) is 4.51. The molecule has 0 aromatic heterocycles. The maximum absolute atomic E-state index is 9.82. The molecule has 20 heavy (non-hydrogen) atoms. The average Bonchev–Trinajstić information content (AvgIpc) is 2.83. The zero-order valence-electron chi connectivity index (χ0n) is 13.7. The van der Waals surface area contributed by atoms with E-state index in [1.165, 1.54) is 32.4 Å². The maximum atomic E-state index is 9.82. The predicted molar refractivity (Wildman–Crippen MR) is 84.0 cm³/mol. The molecule has 4 nitrogen and oxygen atoms in total. The Morgan fingerprint density at radius 1 is 1.25 bits per heavy atom. The van der Waals surface area contributed by atoms with Crippen molar-refractivity contribution in [3.63, 3.8) is 0 Å². The lowest BCUT2D eigenvalue weighted by Crippen LogP contribution is -2.52. The maximum Gasteiger partial charge on any atom is 0.0614 e. The van der Waals surface area contributed by atoms with Gasteiger partial charge in [-0.15, -0.1) is 0 Å². The summed E-state index contributed by atoms with van der Waals surface area (Å²) in [5.41, 5.74) is -0.0431. The zero-order chi connectivity index (χ0) is 14.8. The van der Waals surface area contributed by atoms with Crippen LogP contribution in [0.5, 0.6) is 0 Å². The number of rotatable bonds is 5. The summed E-state index contributed by atoms with van der Waals surface area (Å²) in [6.07, 6.45) is 5.97. The Labute approximate surface area is 124 Å². The van der Waals surface area contributed by atoms with Crippen LogP contribution in [0.25, 0.3) is 0 Å². The van der Waals surface area contributed by atoms with Gasteiger partial charge in [-0.25, -0.2) is 0 Å². The first-order chi connectivity index (χ1) is 9.46. The van der Waals surface area contributed by atoms with Crippen LogP contribution in [0.3, 0.4) is 0 Å². The fourth-order valence-corrected chi connectivity index (χ4v) is 4.08. The second-order valence-corrected chi connectivity index (χ2v) is 7.33. The normalized spacial score (nSPS) is 33.5. The molecule has 4 heteroatoms. The third kappa shape index (κ3) is 3.73. The lowest BCUT2D eigenvalue weighted by atomic mass is 9.96. The van der Waals surface area contributed by atoms with Crippen molar-refractivity contribution in [3.8, 4) is 0 Å². The molecule has 2 fully saturated rings. The first-order valence-electron chi connectivity index (χ1n) is 8.25. The van der Waals surface area contributed by atoms with Crippen LogP contribution in [0, 0.1) is 0 Å². The van der Waals surface area contributed by atoms with E-state index in [0.717, 1.165) is 18.9 Å². The van der Waals surface area contributed by atoms with E-state index in [1.807, 2.05) is 0 Å². The van der Waals surface area contributed by atoms with Crippen molar-refractivity contribution in [2.75, 3.05) is 33.8 Å². The van der Waals surface area contributed by atoms with Crippen LogP contribution < -0.4 is 5.32 Å². The molecular formula is C16H33N3O. The highest BCUT2D eigenvalue weighted by Gasteiger charge is 2.41. The zero-order valence-corrected chi connectivity index (χ0v) is 13.7. The van der Waals surface area contributed by atoms with Gasteiger partial charge in [0.25, 0.3) is 0 Å². The summed E-state index contributed by atoms with van der Waals surface area (Å²) < 4.78 is 0. The molecule has 0 aromatic rings. The van der Waals surface area contributed by atoms with Gasteiger partial charge in [0.05, 0.1) is 6.61 Å². The summed E-state index contributed by atoms with van der Waals surface area (Å²) in [5, 5.41) is 13.4. The average molecular weight is 283 g/mol. The van der Waals surface area contributed by atoms with E-state index >= 15 is 0 Å². The van der Waals surface area contributed by atoms with Crippen LogP contribution in [-0.4, -0.2) is 72.4 Å². The van der Waals surface area contributed by atoms with E-state index in [1.54, 1.807) is 0 Å².